The number of carbonyl (C=O) groups excluding carboxylic acids is 2. The molecular formula is C22H12F6O4. The van der Waals surface area contributed by atoms with E-state index in [-0.39, 0.29) is 22.6 Å². The molecule has 0 atom stereocenters. The minimum Gasteiger partial charge on any atom is -0.423 e. The Labute approximate surface area is 177 Å². The zero-order valence-electron chi connectivity index (χ0n) is 15.8. The average molecular weight is 454 g/mol. The zero-order chi connectivity index (χ0) is 23.5. The predicted molar refractivity (Wildman–Crippen MR) is 99.2 cm³/mol. The molecule has 0 bridgehead atoms. The first-order chi connectivity index (χ1) is 14.9. The van der Waals surface area contributed by atoms with Crippen LogP contribution in [0.5, 0.6) is 11.5 Å². The van der Waals surface area contributed by atoms with Gasteiger partial charge in [-0.2, -0.15) is 26.3 Å². The van der Waals surface area contributed by atoms with Crippen molar-refractivity contribution in [3.8, 4) is 11.5 Å². The maximum absolute atomic E-state index is 12.6. The molecule has 0 fully saturated rings. The number of hydrogen-bond donors (Lipinski definition) is 0. The van der Waals surface area contributed by atoms with E-state index in [0.29, 0.717) is 0 Å². The Bertz CT molecular complexity index is 1010. The number of esters is 2. The van der Waals surface area contributed by atoms with Crippen molar-refractivity contribution < 1.29 is 45.4 Å². The third-order valence-electron chi connectivity index (χ3n) is 4.14. The Morgan fingerprint density at radius 2 is 0.781 bits per heavy atom. The molecule has 0 aliphatic heterocycles. The van der Waals surface area contributed by atoms with E-state index in [0.717, 1.165) is 48.5 Å². The van der Waals surface area contributed by atoms with Gasteiger partial charge in [-0.3, -0.25) is 0 Å². The van der Waals surface area contributed by atoms with Crippen LogP contribution in [-0.4, -0.2) is 11.9 Å². The van der Waals surface area contributed by atoms with Gasteiger partial charge in [-0.05, 0) is 72.8 Å². The number of rotatable bonds is 4. The molecule has 0 heterocycles. The monoisotopic (exact) mass is 454 g/mol. The van der Waals surface area contributed by atoms with E-state index in [9.17, 15) is 35.9 Å². The highest BCUT2D eigenvalue weighted by Crippen LogP contribution is 2.31. The molecule has 0 saturated carbocycles. The van der Waals surface area contributed by atoms with Crippen molar-refractivity contribution in [2.45, 2.75) is 12.4 Å². The van der Waals surface area contributed by atoms with Crippen molar-refractivity contribution in [2.75, 3.05) is 0 Å². The summed E-state index contributed by atoms with van der Waals surface area (Å²) in [7, 11) is 0. The van der Waals surface area contributed by atoms with Crippen LogP contribution in [0.2, 0.25) is 0 Å². The van der Waals surface area contributed by atoms with E-state index in [2.05, 4.69) is 0 Å². The fourth-order valence-corrected chi connectivity index (χ4v) is 2.50. The first-order valence-electron chi connectivity index (χ1n) is 8.82. The SMILES string of the molecule is O=C(Oc1ccc(C(F)(F)F)cc1)c1ccc(C(=O)Oc2ccc(C(F)(F)F)cc2)cc1. The largest absolute Gasteiger partial charge is 0.423 e. The summed E-state index contributed by atoms with van der Waals surface area (Å²) < 4.78 is 85.3. The Hall–Kier alpha value is -3.82. The summed E-state index contributed by atoms with van der Waals surface area (Å²) in [5.41, 5.74) is -1.77. The summed E-state index contributed by atoms with van der Waals surface area (Å²) in [6.07, 6.45) is -9.04. The van der Waals surface area contributed by atoms with E-state index < -0.39 is 35.4 Å². The standard InChI is InChI=1S/C22H12F6O4/c23-21(24,25)15-5-9-17(10-6-15)31-19(29)13-1-2-14(4-3-13)20(30)32-18-11-7-16(8-12-18)22(26,27)28/h1-12H. The van der Waals surface area contributed by atoms with Crippen molar-refractivity contribution in [3.63, 3.8) is 0 Å². The minimum absolute atomic E-state index is 0.0102. The molecule has 0 saturated heterocycles. The molecule has 0 spiro atoms. The zero-order valence-corrected chi connectivity index (χ0v) is 15.8. The molecule has 166 valence electrons. The molecule has 0 unspecified atom stereocenters. The van der Waals surface area contributed by atoms with Gasteiger partial charge in [-0.1, -0.05) is 0 Å². The van der Waals surface area contributed by atoms with Crippen LogP contribution in [-0.2, 0) is 12.4 Å². The van der Waals surface area contributed by atoms with Crippen molar-refractivity contribution >= 4 is 11.9 Å². The quantitative estimate of drug-likeness (QED) is 0.269. The molecular weight excluding hydrogens is 442 g/mol. The molecule has 3 rings (SSSR count). The maximum atomic E-state index is 12.6. The lowest BCUT2D eigenvalue weighted by molar-refractivity contribution is -0.138. The highest BCUT2D eigenvalue weighted by molar-refractivity contribution is 5.94. The summed E-state index contributed by atoms with van der Waals surface area (Å²) in [5.74, 6) is -1.94. The number of carbonyl (C=O) groups is 2. The second kappa shape index (κ2) is 8.74. The van der Waals surface area contributed by atoms with Crippen molar-refractivity contribution in [1.29, 1.82) is 0 Å². The summed E-state index contributed by atoms with van der Waals surface area (Å²) in [5, 5.41) is 0. The first kappa shape index (κ1) is 22.9. The van der Waals surface area contributed by atoms with Crippen LogP contribution in [0.1, 0.15) is 31.8 Å². The number of ether oxygens (including phenoxy) is 2. The molecule has 10 heteroatoms. The fraction of sp³-hybridized carbons (Fsp3) is 0.0909. The van der Waals surface area contributed by atoms with Crippen LogP contribution in [0.4, 0.5) is 26.3 Å². The molecule has 0 amide bonds. The number of halogens is 6. The van der Waals surface area contributed by atoms with E-state index >= 15 is 0 Å². The minimum atomic E-state index is -4.52. The normalized spacial score (nSPS) is 11.7. The van der Waals surface area contributed by atoms with Crippen LogP contribution < -0.4 is 9.47 Å². The van der Waals surface area contributed by atoms with Gasteiger partial charge in [0.1, 0.15) is 11.5 Å². The molecule has 32 heavy (non-hydrogen) atoms. The van der Waals surface area contributed by atoms with Crippen molar-refractivity contribution in [3.05, 3.63) is 95.1 Å². The smallest absolute Gasteiger partial charge is 0.416 e. The highest BCUT2D eigenvalue weighted by Gasteiger charge is 2.31. The highest BCUT2D eigenvalue weighted by atomic mass is 19.4. The lowest BCUT2D eigenvalue weighted by Gasteiger charge is -2.09. The molecule has 0 aliphatic carbocycles. The molecule has 0 aliphatic rings. The molecule has 3 aromatic carbocycles. The topological polar surface area (TPSA) is 52.6 Å². The third kappa shape index (κ3) is 5.65. The van der Waals surface area contributed by atoms with Gasteiger partial charge >= 0.3 is 24.3 Å². The fourth-order valence-electron chi connectivity index (χ4n) is 2.50. The van der Waals surface area contributed by atoms with Gasteiger partial charge in [-0.15, -0.1) is 0 Å². The predicted octanol–water partition coefficient (Wildman–Crippen LogP) is 6.16. The second-order valence-corrected chi connectivity index (χ2v) is 6.40. The van der Waals surface area contributed by atoms with Gasteiger partial charge in [0.2, 0.25) is 0 Å². The van der Waals surface area contributed by atoms with Crippen molar-refractivity contribution in [2.24, 2.45) is 0 Å². The first-order valence-corrected chi connectivity index (χ1v) is 8.82. The Balaban J connectivity index is 1.62. The van der Waals surface area contributed by atoms with Crippen LogP contribution in [0.15, 0.2) is 72.8 Å². The summed E-state index contributed by atoms with van der Waals surface area (Å²) in [4.78, 5) is 24.3. The van der Waals surface area contributed by atoms with E-state index in [1.807, 2.05) is 0 Å². The van der Waals surface area contributed by atoms with Crippen LogP contribution in [0, 0.1) is 0 Å². The molecule has 0 N–H and O–H groups in total. The second-order valence-electron chi connectivity index (χ2n) is 6.40. The van der Waals surface area contributed by atoms with Crippen LogP contribution in [0.25, 0.3) is 0 Å². The third-order valence-corrected chi connectivity index (χ3v) is 4.14. The Kier molecular flexibility index (Phi) is 6.24. The van der Waals surface area contributed by atoms with Gasteiger partial charge in [0.25, 0.3) is 0 Å². The maximum Gasteiger partial charge on any atom is 0.416 e. The number of benzene rings is 3. The number of hydrogen-bond acceptors (Lipinski definition) is 4. The van der Waals surface area contributed by atoms with Crippen molar-refractivity contribution in [1.82, 2.24) is 0 Å². The Morgan fingerprint density at radius 3 is 1.03 bits per heavy atom. The van der Waals surface area contributed by atoms with E-state index in [1.54, 1.807) is 0 Å². The molecule has 0 aromatic heterocycles. The molecule has 4 nitrogen and oxygen atoms in total. The summed E-state index contributed by atoms with van der Waals surface area (Å²) in [6.45, 7) is 0. The van der Waals surface area contributed by atoms with E-state index in [4.69, 9.17) is 9.47 Å². The number of alkyl halides is 6. The van der Waals surface area contributed by atoms with Gasteiger partial charge < -0.3 is 9.47 Å². The molecule has 3 aromatic rings. The van der Waals surface area contributed by atoms with E-state index in [1.165, 1.54) is 24.3 Å². The van der Waals surface area contributed by atoms with Gasteiger partial charge in [0, 0.05) is 0 Å². The van der Waals surface area contributed by atoms with Crippen LogP contribution in [0.3, 0.4) is 0 Å². The summed E-state index contributed by atoms with van der Waals surface area (Å²) >= 11 is 0. The molecule has 0 radical (unpaired) electrons. The summed E-state index contributed by atoms with van der Waals surface area (Å²) in [6, 6.07) is 12.0. The van der Waals surface area contributed by atoms with Gasteiger partial charge in [-0.25, -0.2) is 9.59 Å². The van der Waals surface area contributed by atoms with Gasteiger partial charge in [0.15, 0.2) is 0 Å². The lowest BCUT2D eigenvalue weighted by Crippen LogP contribution is -2.12. The van der Waals surface area contributed by atoms with Gasteiger partial charge in [0.05, 0.1) is 22.3 Å². The average Bonchev–Trinajstić information content (AvgIpc) is 2.73. The lowest BCUT2D eigenvalue weighted by atomic mass is 10.1. The Morgan fingerprint density at radius 1 is 0.500 bits per heavy atom. The van der Waals surface area contributed by atoms with Crippen LogP contribution >= 0.6 is 0 Å².